The Morgan fingerprint density at radius 3 is 2.52 bits per heavy atom. The summed E-state index contributed by atoms with van der Waals surface area (Å²) in [7, 11) is 0. The molecule has 0 saturated carbocycles. The van der Waals surface area contributed by atoms with Gasteiger partial charge < -0.3 is 10.2 Å². The second-order valence-electron chi connectivity index (χ2n) is 7.36. The van der Waals surface area contributed by atoms with Crippen molar-refractivity contribution in [2.24, 2.45) is 0 Å². The van der Waals surface area contributed by atoms with E-state index in [9.17, 15) is 4.79 Å². The first-order chi connectivity index (χ1) is 13.2. The van der Waals surface area contributed by atoms with Gasteiger partial charge in [0.25, 0.3) is 5.91 Å². The second-order valence-corrected chi connectivity index (χ2v) is 7.36. The first kappa shape index (κ1) is 17.6. The first-order valence-electron chi connectivity index (χ1n) is 9.86. The first-order valence-corrected chi connectivity index (χ1v) is 9.86. The van der Waals surface area contributed by atoms with E-state index in [1.807, 2.05) is 37.3 Å². The molecule has 1 fully saturated rings. The van der Waals surface area contributed by atoms with Gasteiger partial charge in [-0.05, 0) is 60.7 Å². The number of nitrogens with one attached hydrogen (secondary N) is 1. The zero-order valence-corrected chi connectivity index (χ0v) is 15.8. The number of benzene rings is 3. The molecule has 3 aromatic carbocycles. The second kappa shape index (κ2) is 7.83. The van der Waals surface area contributed by atoms with E-state index in [2.05, 4.69) is 46.6 Å². The Morgan fingerprint density at radius 2 is 1.67 bits per heavy atom. The van der Waals surface area contributed by atoms with Crippen LogP contribution in [-0.4, -0.2) is 19.0 Å². The van der Waals surface area contributed by atoms with Gasteiger partial charge in [-0.1, -0.05) is 48.5 Å². The third-order valence-electron chi connectivity index (χ3n) is 5.47. The van der Waals surface area contributed by atoms with E-state index in [1.165, 1.54) is 30.0 Å². The highest BCUT2D eigenvalue weighted by molar-refractivity contribution is 5.96. The molecule has 3 nitrogen and oxygen atoms in total. The summed E-state index contributed by atoms with van der Waals surface area (Å²) in [6.07, 6.45) is 3.77. The SMILES string of the molecule is C[C@@H](NC(=O)c1cccc(N2CCCCC2)c1)c1cccc2ccccc12. The van der Waals surface area contributed by atoms with Crippen LogP contribution in [0.5, 0.6) is 0 Å². The van der Waals surface area contributed by atoms with Crippen LogP contribution in [0.25, 0.3) is 10.8 Å². The molecule has 1 heterocycles. The lowest BCUT2D eigenvalue weighted by atomic mass is 9.99. The van der Waals surface area contributed by atoms with Crippen LogP contribution in [0.1, 0.15) is 48.1 Å². The topological polar surface area (TPSA) is 32.3 Å². The number of nitrogens with zero attached hydrogens (tertiary/aromatic N) is 1. The van der Waals surface area contributed by atoms with Crippen molar-refractivity contribution in [1.29, 1.82) is 0 Å². The predicted octanol–water partition coefficient (Wildman–Crippen LogP) is 5.32. The molecule has 0 radical (unpaired) electrons. The lowest BCUT2D eigenvalue weighted by Crippen LogP contribution is -2.30. The van der Waals surface area contributed by atoms with E-state index in [0.29, 0.717) is 0 Å². The maximum atomic E-state index is 12.9. The van der Waals surface area contributed by atoms with Crippen LogP contribution in [-0.2, 0) is 0 Å². The number of carbonyl (C=O) groups excluding carboxylic acids is 1. The summed E-state index contributed by atoms with van der Waals surface area (Å²) >= 11 is 0. The number of hydrogen-bond donors (Lipinski definition) is 1. The Morgan fingerprint density at radius 1 is 0.926 bits per heavy atom. The average Bonchev–Trinajstić information content (AvgIpc) is 2.74. The van der Waals surface area contributed by atoms with Crippen LogP contribution in [0, 0.1) is 0 Å². The normalized spacial score (nSPS) is 15.5. The Kier molecular flexibility index (Phi) is 5.10. The van der Waals surface area contributed by atoms with Crippen LogP contribution < -0.4 is 10.2 Å². The van der Waals surface area contributed by atoms with Crippen LogP contribution in [0.4, 0.5) is 5.69 Å². The van der Waals surface area contributed by atoms with E-state index >= 15 is 0 Å². The van der Waals surface area contributed by atoms with Gasteiger partial charge in [0.2, 0.25) is 0 Å². The number of piperidine rings is 1. The van der Waals surface area contributed by atoms with Gasteiger partial charge in [-0.3, -0.25) is 4.79 Å². The Labute approximate surface area is 161 Å². The van der Waals surface area contributed by atoms with Crippen molar-refractivity contribution in [1.82, 2.24) is 5.32 Å². The molecule has 1 saturated heterocycles. The van der Waals surface area contributed by atoms with Gasteiger partial charge in [0.05, 0.1) is 6.04 Å². The third-order valence-corrected chi connectivity index (χ3v) is 5.47. The van der Waals surface area contributed by atoms with E-state index in [0.717, 1.165) is 29.9 Å². The molecule has 1 aliphatic heterocycles. The van der Waals surface area contributed by atoms with Gasteiger partial charge in [-0.15, -0.1) is 0 Å². The summed E-state index contributed by atoms with van der Waals surface area (Å²) in [5, 5.41) is 5.56. The molecule has 0 unspecified atom stereocenters. The Hall–Kier alpha value is -2.81. The number of hydrogen-bond acceptors (Lipinski definition) is 2. The Balaban J connectivity index is 1.53. The van der Waals surface area contributed by atoms with Crippen molar-refractivity contribution in [3.63, 3.8) is 0 Å². The number of fused-ring (bicyclic) bond motifs is 1. The molecule has 0 bridgehead atoms. The molecule has 4 rings (SSSR count). The van der Waals surface area contributed by atoms with Crippen molar-refractivity contribution in [3.05, 3.63) is 77.9 Å². The summed E-state index contributed by atoms with van der Waals surface area (Å²) in [5.41, 5.74) is 3.03. The Bertz CT molecular complexity index is 939. The molecule has 1 N–H and O–H groups in total. The highest BCUT2D eigenvalue weighted by Crippen LogP contribution is 2.25. The maximum absolute atomic E-state index is 12.9. The molecule has 3 heteroatoms. The van der Waals surface area contributed by atoms with E-state index < -0.39 is 0 Å². The molecule has 0 aliphatic carbocycles. The van der Waals surface area contributed by atoms with Crippen LogP contribution in [0.2, 0.25) is 0 Å². The monoisotopic (exact) mass is 358 g/mol. The molecule has 0 spiro atoms. The minimum Gasteiger partial charge on any atom is -0.372 e. The maximum Gasteiger partial charge on any atom is 0.251 e. The van der Waals surface area contributed by atoms with Crippen molar-refractivity contribution >= 4 is 22.4 Å². The van der Waals surface area contributed by atoms with Gasteiger partial charge in [-0.2, -0.15) is 0 Å². The van der Waals surface area contributed by atoms with E-state index in [4.69, 9.17) is 0 Å². The highest BCUT2D eigenvalue weighted by atomic mass is 16.1. The fraction of sp³-hybridized carbons (Fsp3) is 0.292. The van der Waals surface area contributed by atoms with Crippen LogP contribution in [0.15, 0.2) is 66.7 Å². The predicted molar refractivity (Wildman–Crippen MR) is 112 cm³/mol. The smallest absolute Gasteiger partial charge is 0.251 e. The van der Waals surface area contributed by atoms with Crippen LogP contribution in [0.3, 0.4) is 0 Å². The zero-order valence-electron chi connectivity index (χ0n) is 15.8. The minimum atomic E-state index is -0.0535. The summed E-state index contributed by atoms with van der Waals surface area (Å²) in [6.45, 7) is 4.21. The molecule has 27 heavy (non-hydrogen) atoms. The number of rotatable bonds is 4. The standard InChI is InChI=1S/C24H26N2O/c1-18(22-14-8-10-19-9-3-4-13-23(19)22)25-24(27)20-11-7-12-21(17-20)26-15-5-2-6-16-26/h3-4,7-14,17-18H,2,5-6,15-16H2,1H3,(H,25,27)/t18-/m1/s1. The molecule has 3 aromatic rings. The lowest BCUT2D eigenvalue weighted by Gasteiger charge is -2.29. The number of carbonyl (C=O) groups is 1. The third kappa shape index (κ3) is 3.82. The lowest BCUT2D eigenvalue weighted by molar-refractivity contribution is 0.0940. The number of anilines is 1. The van der Waals surface area contributed by atoms with Gasteiger partial charge in [-0.25, -0.2) is 0 Å². The van der Waals surface area contributed by atoms with Crippen molar-refractivity contribution < 1.29 is 4.79 Å². The fourth-order valence-electron chi connectivity index (χ4n) is 3.98. The molecule has 1 amide bonds. The quantitative estimate of drug-likeness (QED) is 0.684. The van der Waals surface area contributed by atoms with E-state index in [-0.39, 0.29) is 11.9 Å². The summed E-state index contributed by atoms with van der Waals surface area (Å²) in [6, 6.07) is 22.5. The van der Waals surface area contributed by atoms with Gasteiger partial charge in [0.15, 0.2) is 0 Å². The minimum absolute atomic E-state index is 0.0192. The molecule has 1 aliphatic rings. The van der Waals surface area contributed by atoms with E-state index in [1.54, 1.807) is 0 Å². The average molecular weight is 358 g/mol. The van der Waals surface area contributed by atoms with Gasteiger partial charge in [0, 0.05) is 24.3 Å². The van der Waals surface area contributed by atoms with Crippen molar-refractivity contribution in [2.45, 2.75) is 32.2 Å². The molecular weight excluding hydrogens is 332 g/mol. The summed E-state index contributed by atoms with van der Waals surface area (Å²) in [4.78, 5) is 15.3. The number of amides is 1. The summed E-state index contributed by atoms with van der Waals surface area (Å²) in [5.74, 6) is -0.0192. The molecule has 0 aromatic heterocycles. The van der Waals surface area contributed by atoms with Crippen molar-refractivity contribution in [2.75, 3.05) is 18.0 Å². The molecule has 138 valence electrons. The van der Waals surface area contributed by atoms with Gasteiger partial charge >= 0.3 is 0 Å². The zero-order chi connectivity index (χ0) is 18.6. The van der Waals surface area contributed by atoms with Crippen molar-refractivity contribution in [3.8, 4) is 0 Å². The largest absolute Gasteiger partial charge is 0.372 e. The van der Waals surface area contributed by atoms with Crippen LogP contribution >= 0.6 is 0 Å². The fourth-order valence-corrected chi connectivity index (χ4v) is 3.98. The molecule has 1 atom stereocenters. The van der Waals surface area contributed by atoms with Gasteiger partial charge in [0.1, 0.15) is 0 Å². The summed E-state index contributed by atoms with van der Waals surface area (Å²) < 4.78 is 0. The molecular formula is C24H26N2O. The highest BCUT2D eigenvalue weighted by Gasteiger charge is 2.16.